The van der Waals surface area contributed by atoms with E-state index in [1.165, 1.54) is 10.5 Å². The summed E-state index contributed by atoms with van der Waals surface area (Å²) in [6.07, 6.45) is 1.73. The van der Waals surface area contributed by atoms with E-state index < -0.39 is 5.97 Å². The van der Waals surface area contributed by atoms with Crippen LogP contribution in [0.1, 0.15) is 21.6 Å². The third-order valence-electron chi connectivity index (χ3n) is 4.54. The molecule has 0 fully saturated rings. The lowest BCUT2D eigenvalue weighted by Crippen LogP contribution is -2.17. The maximum absolute atomic E-state index is 12.7. The summed E-state index contributed by atoms with van der Waals surface area (Å²) >= 11 is 0. The molecule has 4 aromatic rings. The molecule has 0 radical (unpaired) electrons. The van der Waals surface area contributed by atoms with Gasteiger partial charge in [0.15, 0.2) is 0 Å². The summed E-state index contributed by atoms with van der Waals surface area (Å²) in [7, 11) is 1.59. The molecule has 0 aliphatic rings. The van der Waals surface area contributed by atoms with Crippen molar-refractivity contribution in [3.8, 4) is 5.75 Å². The Balaban J connectivity index is 1.62. The van der Waals surface area contributed by atoms with E-state index in [1.54, 1.807) is 31.5 Å². The van der Waals surface area contributed by atoms with Crippen molar-refractivity contribution >= 4 is 22.4 Å². The van der Waals surface area contributed by atoms with E-state index in [0.29, 0.717) is 22.7 Å². The Morgan fingerprint density at radius 2 is 1.86 bits per heavy atom. The molecular weight excluding hydrogens is 356 g/mol. The number of hydrogen-bond acceptors (Lipinski definition) is 5. The quantitative estimate of drug-likeness (QED) is 0.511. The summed E-state index contributed by atoms with van der Waals surface area (Å²) in [6, 6.07) is 15.9. The van der Waals surface area contributed by atoms with Crippen LogP contribution in [-0.2, 0) is 11.3 Å². The van der Waals surface area contributed by atoms with Gasteiger partial charge in [0.2, 0.25) is 0 Å². The maximum Gasteiger partial charge on any atom is 0.339 e. The van der Waals surface area contributed by atoms with Gasteiger partial charge in [0.1, 0.15) is 18.0 Å². The molecule has 0 aliphatic carbocycles. The van der Waals surface area contributed by atoms with Gasteiger partial charge < -0.3 is 9.47 Å². The van der Waals surface area contributed by atoms with Gasteiger partial charge in [-0.1, -0.05) is 30.3 Å². The summed E-state index contributed by atoms with van der Waals surface area (Å²) in [5.74, 6) is 0.205. The number of aromatic nitrogens is 2. The molecule has 0 atom stereocenters. The summed E-state index contributed by atoms with van der Waals surface area (Å²) in [5.41, 5.74) is 2.10. The zero-order valence-corrected chi connectivity index (χ0v) is 15.5. The van der Waals surface area contributed by atoms with E-state index in [-0.39, 0.29) is 12.2 Å². The zero-order valence-electron chi connectivity index (χ0n) is 15.5. The Kier molecular flexibility index (Phi) is 4.53. The molecule has 0 N–H and O–H groups in total. The minimum atomic E-state index is -0.482. The summed E-state index contributed by atoms with van der Waals surface area (Å²) < 4.78 is 12.3. The monoisotopic (exact) mass is 374 g/mol. The van der Waals surface area contributed by atoms with Gasteiger partial charge >= 0.3 is 5.97 Å². The molecule has 2 aromatic carbocycles. The highest BCUT2D eigenvalue weighted by molar-refractivity contribution is 6.06. The maximum atomic E-state index is 12.7. The Bertz CT molecular complexity index is 1260. The second kappa shape index (κ2) is 7.15. The minimum Gasteiger partial charge on any atom is -0.496 e. The van der Waals surface area contributed by atoms with Crippen molar-refractivity contribution in [3.05, 3.63) is 88.0 Å². The average molecular weight is 374 g/mol. The predicted molar refractivity (Wildman–Crippen MR) is 106 cm³/mol. The van der Waals surface area contributed by atoms with Gasteiger partial charge in [-0.25, -0.2) is 9.78 Å². The van der Waals surface area contributed by atoms with Crippen LogP contribution in [0, 0.1) is 6.92 Å². The molecule has 2 heterocycles. The average Bonchev–Trinajstić information content (AvgIpc) is 2.71. The number of esters is 1. The fourth-order valence-electron chi connectivity index (χ4n) is 3.18. The van der Waals surface area contributed by atoms with Crippen LogP contribution in [0.3, 0.4) is 0 Å². The van der Waals surface area contributed by atoms with Crippen LogP contribution in [0.25, 0.3) is 16.4 Å². The van der Waals surface area contributed by atoms with Gasteiger partial charge in [-0.2, -0.15) is 0 Å². The number of methoxy groups -OCH3 is 1. The molecule has 0 saturated heterocycles. The number of pyridine rings is 1. The molecule has 0 unspecified atom stereocenters. The molecule has 28 heavy (non-hydrogen) atoms. The van der Waals surface area contributed by atoms with Gasteiger partial charge in [0.25, 0.3) is 5.56 Å². The highest BCUT2D eigenvalue weighted by Crippen LogP contribution is 2.28. The summed E-state index contributed by atoms with van der Waals surface area (Å²) in [5, 5.41) is 1.57. The molecule has 6 heteroatoms. The van der Waals surface area contributed by atoms with E-state index in [4.69, 9.17) is 9.47 Å². The fraction of sp³-hybridized carbons (Fsp3) is 0.136. The molecule has 4 rings (SSSR count). The molecule has 140 valence electrons. The molecular formula is C22H18N2O4. The number of carbonyl (C=O) groups excluding carboxylic acids is 1. The third kappa shape index (κ3) is 3.20. The lowest BCUT2D eigenvalue weighted by atomic mass is 10.0. The van der Waals surface area contributed by atoms with Crippen molar-refractivity contribution in [2.45, 2.75) is 13.5 Å². The number of benzene rings is 2. The Hall–Kier alpha value is -3.67. The van der Waals surface area contributed by atoms with Crippen LogP contribution in [0.4, 0.5) is 0 Å². The van der Waals surface area contributed by atoms with Crippen molar-refractivity contribution in [1.82, 2.24) is 9.38 Å². The van der Waals surface area contributed by atoms with Gasteiger partial charge in [-0.3, -0.25) is 9.20 Å². The van der Waals surface area contributed by atoms with Crippen LogP contribution in [0.5, 0.6) is 5.75 Å². The van der Waals surface area contributed by atoms with Crippen LogP contribution >= 0.6 is 0 Å². The van der Waals surface area contributed by atoms with Crippen LogP contribution in [-0.4, -0.2) is 22.5 Å². The van der Waals surface area contributed by atoms with Gasteiger partial charge in [0, 0.05) is 17.6 Å². The van der Waals surface area contributed by atoms with Gasteiger partial charge in [0.05, 0.1) is 18.4 Å². The van der Waals surface area contributed by atoms with E-state index >= 15 is 0 Å². The largest absolute Gasteiger partial charge is 0.496 e. The lowest BCUT2D eigenvalue weighted by Gasteiger charge is -2.10. The molecule has 0 saturated carbocycles. The molecule has 0 aliphatic heterocycles. The number of carbonyl (C=O) groups is 1. The van der Waals surface area contributed by atoms with E-state index in [9.17, 15) is 9.59 Å². The van der Waals surface area contributed by atoms with Crippen LogP contribution in [0.2, 0.25) is 0 Å². The molecule has 0 bridgehead atoms. The molecule has 6 nitrogen and oxygen atoms in total. The first-order valence-corrected chi connectivity index (χ1v) is 8.78. The van der Waals surface area contributed by atoms with Crippen LogP contribution in [0.15, 0.2) is 65.6 Å². The van der Waals surface area contributed by atoms with Gasteiger partial charge in [-0.05, 0) is 36.1 Å². The van der Waals surface area contributed by atoms with E-state index in [2.05, 4.69) is 4.98 Å². The summed E-state index contributed by atoms with van der Waals surface area (Å²) in [4.78, 5) is 29.3. The highest BCUT2D eigenvalue weighted by Gasteiger charge is 2.15. The normalized spacial score (nSPS) is 10.9. The number of aryl methyl sites for hydroxylation is 1. The number of nitrogens with zero attached hydrogens (tertiary/aromatic N) is 2. The molecule has 0 amide bonds. The number of ether oxygens (including phenoxy) is 2. The molecule has 2 aromatic heterocycles. The summed E-state index contributed by atoms with van der Waals surface area (Å²) in [6.45, 7) is 1.82. The van der Waals surface area contributed by atoms with Crippen molar-refractivity contribution in [1.29, 1.82) is 0 Å². The first-order chi connectivity index (χ1) is 13.6. The molecule has 0 spiro atoms. The Morgan fingerprint density at radius 1 is 1.07 bits per heavy atom. The Morgan fingerprint density at radius 3 is 2.64 bits per heavy atom. The number of hydrogen-bond donors (Lipinski definition) is 0. The minimum absolute atomic E-state index is 0.0845. The van der Waals surface area contributed by atoms with Crippen molar-refractivity contribution in [2.24, 2.45) is 0 Å². The standard InChI is InChI=1S/C22H18N2O4/c1-14-7-10-20-23-15(11-21(25)24(20)12-14)13-28-22(26)18-8-9-19(27-2)17-6-4-3-5-16(17)18/h3-12H,13H2,1-2H3. The van der Waals surface area contributed by atoms with Crippen LogP contribution < -0.4 is 10.3 Å². The highest BCUT2D eigenvalue weighted by atomic mass is 16.5. The SMILES string of the molecule is COc1ccc(C(=O)OCc2cc(=O)n3cc(C)ccc3n2)c2ccccc12. The van der Waals surface area contributed by atoms with Crippen molar-refractivity contribution < 1.29 is 14.3 Å². The van der Waals surface area contributed by atoms with E-state index in [1.807, 2.05) is 37.3 Å². The van der Waals surface area contributed by atoms with Gasteiger partial charge in [-0.15, -0.1) is 0 Å². The topological polar surface area (TPSA) is 69.9 Å². The second-order valence-electron chi connectivity index (χ2n) is 6.46. The third-order valence-corrected chi connectivity index (χ3v) is 4.54. The van der Waals surface area contributed by atoms with E-state index in [0.717, 1.165) is 16.3 Å². The fourth-order valence-corrected chi connectivity index (χ4v) is 3.18. The predicted octanol–water partition coefficient (Wildman–Crippen LogP) is 3.52. The second-order valence-corrected chi connectivity index (χ2v) is 6.46. The Labute approximate surface area is 161 Å². The first-order valence-electron chi connectivity index (χ1n) is 8.78. The first kappa shape index (κ1) is 17.7. The van der Waals surface area contributed by atoms with Crippen molar-refractivity contribution in [3.63, 3.8) is 0 Å². The number of rotatable bonds is 4. The van der Waals surface area contributed by atoms with Crippen molar-refractivity contribution in [2.75, 3.05) is 7.11 Å². The lowest BCUT2D eigenvalue weighted by molar-refractivity contribution is 0.0470. The zero-order chi connectivity index (χ0) is 19.7. The smallest absolute Gasteiger partial charge is 0.339 e. The number of fused-ring (bicyclic) bond motifs is 2.